The molecule has 1 N–H and O–H groups in total. The second-order valence-electron chi connectivity index (χ2n) is 8.50. The second kappa shape index (κ2) is 10.3. The van der Waals surface area contributed by atoms with Crippen molar-refractivity contribution in [2.75, 3.05) is 19.6 Å². The second-order valence-corrected chi connectivity index (χ2v) is 10.3. The number of nitrogens with one attached hydrogen (secondary N) is 1. The Hall–Kier alpha value is -2.38. The number of likely N-dealkylation sites (tertiary alicyclic amines) is 1. The van der Waals surface area contributed by atoms with E-state index in [2.05, 4.69) is 4.72 Å². The van der Waals surface area contributed by atoms with Gasteiger partial charge in [0.15, 0.2) is 0 Å². The average Bonchev–Trinajstić information content (AvgIpc) is 2.73. The van der Waals surface area contributed by atoms with Crippen LogP contribution in [0.1, 0.15) is 37.8 Å². The Bertz CT molecular complexity index is 987. The third-order valence-corrected chi connectivity index (χ3v) is 6.83. The zero-order chi connectivity index (χ0) is 22.4. The Balaban J connectivity index is 1.55. The van der Waals surface area contributed by atoms with Crippen LogP contribution in [-0.2, 0) is 21.2 Å². The summed E-state index contributed by atoms with van der Waals surface area (Å²) in [7, 11) is -3.54. The highest BCUT2D eigenvalue weighted by Gasteiger charge is 2.25. The number of benzene rings is 2. The number of sulfonamides is 1. The maximum atomic E-state index is 12.8. The molecule has 0 saturated carbocycles. The first-order valence-electron chi connectivity index (χ1n) is 10.8. The van der Waals surface area contributed by atoms with Gasteiger partial charge in [0.25, 0.3) is 0 Å². The molecule has 31 heavy (non-hydrogen) atoms. The smallest absolute Gasteiger partial charge is 0.240 e. The van der Waals surface area contributed by atoms with E-state index < -0.39 is 10.0 Å². The quantitative estimate of drug-likeness (QED) is 0.676. The van der Waals surface area contributed by atoms with E-state index in [1.165, 1.54) is 0 Å². The molecule has 2 aromatic carbocycles. The minimum atomic E-state index is -3.54. The van der Waals surface area contributed by atoms with E-state index in [0.717, 1.165) is 29.7 Å². The highest BCUT2D eigenvalue weighted by Crippen LogP contribution is 2.20. The van der Waals surface area contributed by atoms with Gasteiger partial charge in [0.1, 0.15) is 5.75 Å². The largest absolute Gasteiger partial charge is 0.491 e. The van der Waals surface area contributed by atoms with E-state index in [1.54, 1.807) is 24.3 Å². The van der Waals surface area contributed by atoms with Gasteiger partial charge in [-0.3, -0.25) is 4.79 Å². The maximum absolute atomic E-state index is 12.8. The monoisotopic (exact) mass is 444 g/mol. The Morgan fingerprint density at radius 2 is 1.94 bits per heavy atom. The van der Waals surface area contributed by atoms with Gasteiger partial charge in [0, 0.05) is 19.6 Å². The van der Waals surface area contributed by atoms with Gasteiger partial charge in [-0.1, -0.05) is 29.8 Å². The fraction of sp³-hybridized carbons (Fsp3) is 0.458. The first-order chi connectivity index (χ1) is 14.7. The van der Waals surface area contributed by atoms with Crippen LogP contribution in [0.2, 0.25) is 0 Å². The molecule has 1 fully saturated rings. The topological polar surface area (TPSA) is 75.7 Å². The summed E-state index contributed by atoms with van der Waals surface area (Å²) < 4.78 is 33.5. The van der Waals surface area contributed by atoms with Crippen molar-refractivity contribution in [3.05, 3.63) is 59.7 Å². The highest BCUT2D eigenvalue weighted by atomic mass is 32.2. The highest BCUT2D eigenvalue weighted by molar-refractivity contribution is 7.89. The van der Waals surface area contributed by atoms with Crippen molar-refractivity contribution < 1.29 is 17.9 Å². The molecule has 0 aromatic heterocycles. The molecular weight excluding hydrogens is 412 g/mol. The van der Waals surface area contributed by atoms with Crippen LogP contribution in [0.15, 0.2) is 53.4 Å². The summed E-state index contributed by atoms with van der Waals surface area (Å²) in [6.45, 7) is 7.47. The van der Waals surface area contributed by atoms with Crippen molar-refractivity contribution in [2.45, 2.75) is 51.0 Å². The first-order valence-corrected chi connectivity index (χ1v) is 12.3. The average molecular weight is 445 g/mol. The molecule has 1 unspecified atom stereocenters. The predicted molar refractivity (Wildman–Crippen MR) is 122 cm³/mol. The number of rotatable bonds is 8. The molecule has 0 bridgehead atoms. The maximum Gasteiger partial charge on any atom is 0.240 e. The van der Waals surface area contributed by atoms with E-state index in [1.807, 2.05) is 49.9 Å². The molecule has 1 saturated heterocycles. The molecule has 0 spiro atoms. The molecule has 168 valence electrons. The Labute approximate surface area is 185 Å². The lowest BCUT2D eigenvalue weighted by atomic mass is 9.97. The molecule has 3 rings (SSSR count). The Kier molecular flexibility index (Phi) is 7.73. The van der Waals surface area contributed by atoms with Crippen LogP contribution in [0.5, 0.6) is 5.75 Å². The van der Waals surface area contributed by atoms with E-state index in [9.17, 15) is 13.2 Å². The molecule has 1 amide bonds. The molecule has 1 aliphatic rings. The summed E-state index contributed by atoms with van der Waals surface area (Å²) in [5, 5.41) is 0. The van der Waals surface area contributed by atoms with Gasteiger partial charge < -0.3 is 9.64 Å². The van der Waals surface area contributed by atoms with Gasteiger partial charge in [0.2, 0.25) is 15.9 Å². The zero-order valence-electron chi connectivity index (χ0n) is 18.5. The minimum absolute atomic E-state index is 0.0628. The van der Waals surface area contributed by atoms with Gasteiger partial charge in [-0.2, -0.15) is 0 Å². The summed E-state index contributed by atoms with van der Waals surface area (Å²) in [5.74, 6) is 0.934. The molecule has 7 heteroatoms. The minimum Gasteiger partial charge on any atom is -0.491 e. The van der Waals surface area contributed by atoms with Crippen LogP contribution in [0, 0.1) is 12.8 Å². The SMILES string of the molecule is Cc1ccc(S(=O)(=O)NCC2CCCN(C(=O)Cc3cccc(OC(C)C)c3)C2)cc1. The van der Waals surface area contributed by atoms with Gasteiger partial charge in [-0.05, 0) is 69.4 Å². The van der Waals surface area contributed by atoms with Crippen molar-refractivity contribution in [3.8, 4) is 5.75 Å². The van der Waals surface area contributed by atoms with E-state index in [-0.39, 0.29) is 22.8 Å². The lowest BCUT2D eigenvalue weighted by Crippen LogP contribution is -2.44. The molecule has 1 heterocycles. The lowest BCUT2D eigenvalue weighted by Gasteiger charge is -2.33. The van der Waals surface area contributed by atoms with Crippen LogP contribution < -0.4 is 9.46 Å². The molecule has 0 aliphatic carbocycles. The molecular formula is C24H32N2O4S. The first kappa shape index (κ1) is 23.3. The number of nitrogens with zero attached hydrogens (tertiary/aromatic N) is 1. The van der Waals surface area contributed by atoms with Crippen molar-refractivity contribution in [3.63, 3.8) is 0 Å². The molecule has 1 aliphatic heterocycles. The van der Waals surface area contributed by atoms with Gasteiger partial charge in [0.05, 0.1) is 17.4 Å². The van der Waals surface area contributed by atoms with Gasteiger partial charge in [-0.15, -0.1) is 0 Å². The summed E-state index contributed by atoms with van der Waals surface area (Å²) >= 11 is 0. The van der Waals surface area contributed by atoms with Crippen LogP contribution in [0.25, 0.3) is 0 Å². The molecule has 1 atom stereocenters. The standard InChI is InChI=1S/C24H32N2O4S/c1-18(2)30-22-8-4-6-20(14-22)15-24(27)26-13-5-7-21(17-26)16-25-31(28,29)23-11-9-19(3)10-12-23/h4,6,8-12,14,18,21,25H,5,7,13,15-17H2,1-3H3. The van der Waals surface area contributed by atoms with Crippen molar-refractivity contribution in [1.29, 1.82) is 0 Å². The molecule has 0 radical (unpaired) electrons. The van der Waals surface area contributed by atoms with Crippen molar-refractivity contribution >= 4 is 15.9 Å². The number of hydrogen-bond donors (Lipinski definition) is 1. The number of amides is 1. The summed E-state index contributed by atoms with van der Waals surface area (Å²) in [5.41, 5.74) is 1.94. The number of hydrogen-bond acceptors (Lipinski definition) is 4. The lowest BCUT2D eigenvalue weighted by molar-refractivity contribution is -0.132. The van der Waals surface area contributed by atoms with Crippen LogP contribution in [0.3, 0.4) is 0 Å². The van der Waals surface area contributed by atoms with E-state index in [0.29, 0.717) is 26.1 Å². The fourth-order valence-electron chi connectivity index (χ4n) is 3.77. The Morgan fingerprint density at radius 1 is 1.19 bits per heavy atom. The van der Waals surface area contributed by atoms with Gasteiger partial charge in [-0.25, -0.2) is 13.1 Å². The zero-order valence-corrected chi connectivity index (χ0v) is 19.3. The van der Waals surface area contributed by atoms with E-state index >= 15 is 0 Å². The van der Waals surface area contributed by atoms with Crippen LogP contribution >= 0.6 is 0 Å². The number of ether oxygens (including phenoxy) is 1. The third kappa shape index (κ3) is 6.80. The fourth-order valence-corrected chi connectivity index (χ4v) is 4.89. The summed E-state index contributed by atoms with van der Waals surface area (Å²) in [6, 6.07) is 14.5. The molecule has 6 nitrogen and oxygen atoms in total. The van der Waals surface area contributed by atoms with Gasteiger partial charge >= 0.3 is 0 Å². The van der Waals surface area contributed by atoms with E-state index in [4.69, 9.17) is 4.74 Å². The number of carbonyl (C=O) groups is 1. The van der Waals surface area contributed by atoms with Crippen molar-refractivity contribution in [1.82, 2.24) is 9.62 Å². The summed E-state index contributed by atoms with van der Waals surface area (Å²) in [4.78, 5) is 15.0. The number of carbonyl (C=O) groups excluding carboxylic acids is 1. The van der Waals surface area contributed by atoms with Crippen LogP contribution in [-0.4, -0.2) is 45.0 Å². The number of piperidine rings is 1. The predicted octanol–water partition coefficient (Wildman–Crippen LogP) is 3.54. The number of aryl methyl sites for hydroxylation is 1. The van der Waals surface area contributed by atoms with Crippen molar-refractivity contribution in [2.24, 2.45) is 5.92 Å². The van der Waals surface area contributed by atoms with Crippen LogP contribution in [0.4, 0.5) is 0 Å². The normalized spacial score (nSPS) is 17.0. The Morgan fingerprint density at radius 3 is 2.65 bits per heavy atom. The molecule has 2 aromatic rings. The third-order valence-electron chi connectivity index (χ3n) is 5.39. The summed E-state index contributed by atoms with van der Waals surface area (Å²) in [6.07, 6.45) is 2.17.